The average molecular weight is 307 g/mol. The van der Waals surface area contributed by atoms with Gasteiger partial charge in [-0.15, -0.1) is 0 Å². The Labute approximate surface area is 122 Å². The summed E-state index contributed by atoms with van der Waals surface area (Å²) in [6.07, 6.45) is 1.12. The number of sulfonamides is 1. The molecule has 0 unspecified atom stereocenters. The SMILES string of the molecule is O=Cc1ccc(S(=O)(=O)NCCc2ccc(F)cc2)cc1. The molecule has 0 aliphatic carbocycles. The molecule has 6 heteroatoms. The first-order valence-corrected chi connectivity index (χ1v) is 7.79. The summed E-state index contributed by atoms with van der Waals surface area (Å²) in [5.74, 6) is -0.324. The number of nitrogens with one attached hydrogen (secondary N) is 1. The van der Waals surface area contributed by atoms with Crippen molar-refractivity contribution in [2.75, 3.05) is 6.54 Å². The molecule has 0 aliphatic rings. The maximum Gasteiger partial charge on any atom is 0.240 e. The number of hydrogen-bond donors (Lipinski definition) is 1. The monoisotopic (exact) mass is 307 g/mol. The zero-order chi connectivity index (χ0) is 15.3. The molecule has 110 valence electrons. The quantitative estimate of drug-likeness (QED) is 0.832. The number of carbonyl (C=O) groups is 1. The van der Waals surface area contributed by atoms with E-state index in [0.717, 1.165) is 5.56 Å². The molecule has 21 heavy (non-hydrogen) atoms. The molecule has 0 saturated carbocycles. The molecule has 2 aromatic rings. The standard InChI is InChI=1S/C15H14FNO3S/c16-14-5-1-12(2-6-14)9-10-17-21(19,20)15-7-3-13(11-18)4-8-15/h1-8,11,17H,9-10H2. The number of aldehydes is 1. The van der Waals surface area contributed by atoms with Gasteiger partial charge in [0, 0.05) is 12.1 Å². The van der Waals surface area contributed by atoms with Crippen molar-refractivity contribution in [3.05, 3.63) is 65.5 Å². The number of carbonyl (C=O) groups excluding carboxylic acids is 1. The van der Waals surface area contributed by atoms with Crippen molar-refractivity contribution in [3.63, 3.8) is 0 Å². The van der Waals surface area contributed by atoms with Crippen molar-refractivity contribution in [1.29, 1.82) is 0 Å². The van der Waals surface area contributed by atoms with Crippen molar-refractivity contribution in [1.82, 2.24) is 4.72 Å². The summed E-state index contributed by atoms with van der Waals surface area (Å²) < 4.78 is 39.2. The molecule has 0 spiro atoms. The van der Waals surface area contributed by atoms with Crippen LogP contribution in [0.25, 0.3) is 0 Å². The van der Waals surface area contributed by atoms with Crippen LogP contribution in [0.2, 0.25) is 0 Å². The molecule has 1 N–H and O–H groups in total. The van der Waals surface area contributed by atoms with Gasteiger partial charge in [-0.05, 0) is 36.2 Å². The Morgan fingerprint density at radius 2 is 1.62 bits per heavy atom. The first-order chi connectivity index (χ1) is 10.0. The highest BCUT2D eigenvalue weighted by Gasteiger charge is 2.12. The number of hydrogen-bond acceptors (Lipinski definition) is 3. The minimum Gasteiger partial charge on any atom is -0.298 e. The molecule has 0 aromatic heterocycles. The molecule has 0 radical (unpaired) electrons. The molecule has 0 amide bonds. The van der Waals surface area contributed by atoms with Crippen LogP contribution in [0.3, 0.4) is 0 Å². The van der Waals surface area contributed by atoms with Crippen LogP contribution >= 0.6 is 0 Å². The average Bonchev–Trinajstić information content (AvgIpc) is 2.49. The molecule has 0 aliphatic heterocycles. The summed E-state index contributed by atoms with van der Waals surface area (Å²) in [7, 11) is -3.60. The first-order valence-electron chi connectivity index (χ1n) is 6.30. The second-order valence-corrected chi connectivity index (χ2v) is 6.23. The number of benzene rings is 2. The summed E-state index contributed by atoms with van der Waals surface area (Å²) >= 11 is 0. The van der Waals surface area contributed by atoms with Gasteiger partial charge in [-0.1, -0.05) is 24.3 Å². The predicted octanol–water partition coefficient (Wildman–Crippen LogP) is 2.16. The van der Waals surface area contributed by atoms with Gasteiger partial charge in [0.05, 0.1) is 4.90 Å². The Hall–Kier alpha value is -2.05. The zero-order valence-electron chi connectivity index (χ0n) is 11.1. The second-order valence-electron chi connectivity index (χ2n) is 4.46. The van der Waals surface area contributed by atoms with Crippen LogP contribution in [0, 0.1) is 5.82 Å². The molecule has 0 fully saturated rings. The van der Waals surface area contributed by atoms with Crippen molar-refractivity contribution in [2.45, 2.75) is 11.3 Å². The van der Waals surface area contributed by atoms with Gasteiger partial charge < -0.3 is 0 Å². The van der Waals surface area contributed by atoms with Gasteiger partial charge in [-0.2, -0.15) is 0 Å². The van der Waals surface area contributed by atoms with Crippen molar-refractivity contribution in [3.8, 4) is 0 Å². The van der Waals surface area contributed by atoms with Gasteiger partial charge in [0.2, 0.25) is 10.0 Å². The van der Waals surface area contributed by atoms with E-state index in [-0.39, 0.29) is 17.3 Å². The molecule has 0 saturated heterocycles. The van der Waals surface area contributed by atoms with Gasteiger partial charge in [-0.25, -0.2) is 17.5 Å². The molecule has 0 bridgehead atoms. The van der Waals surface area contributed by atoms with Crippen LogP contribution in [0.1, 0.15) is 15.9 Å². The van der Waals surface area contributed by atoms with E-state index < -0.39 is 10.0 Å². The van der Waals surface area contributed by atoms with Crippen LogP contribution in [0.5, 0.6) is 0 Å². The largest absolute Gasteiger partial charge is 0.298 e. The Morgan fingerprint density at radius 3 is 2.19 bits per heavy atom. The second kappa shape index (κ2) is 6.60. The van der Waals surface area contributed by atoms with Crippen LogP contribution in [-0.2, 0) is 16.4 Å². The van der Waals surface area contributed by atoms with E-state index in [2.05, 4.69) is 4.72 Å². The lowest BCUT2D eigenvalue weighted by atomic mass is 10.1. The van der Waals surface area contributed by atoms with Crippen LogP contribution in [-0.4, -0.2) is 21.2 Å². The molecule has 2 rings (SSSR count). The van der Waals surface area contributed by atoms with Gasteiger partial charge >= 0.3 is 0 Å². The third kappa shape index (κ3) is 4.21. The molecular weight excluding hydrogens is 293 g/mol. The third-order valence-corrected chi connectivity index (χ3v) is 4.42. The van der Waals surface area contributed by atoms with Gasteiger partial charge in [0.15, 0.2) is 0 Å². The Kier molecular flexibility index (Phi) is 4.82. The fraction of sp³-hybridized carbons (Fsp3) is 0.133. The van der Waals surface area contributed by atoms with Crippen LogP contribution in [0.4, 0.5) is 4.39 Å². The maximum absolute atomic E-state index is 12.7. The highest BCUT2D eigenvalue weighted by Crippen LogP contribution is 2.10. The van der Waals surface area contributed by atoms with E-state index in [1.807, 2.05) is 0 Å². The van der Waals surface area contributed by atoms with Gasteiger partial charge in [0.25, 0.3) is 0 Å². The summed E-state index contributed by atoms with van der Waals surface area (Å²) in [6, 6.07) is 11.5. The highest BCUT2D eigenvalue weighted by atomic mass is 32.2. The summed E-state index contributed by atoms with van der Waals surface area (Å²) in [6.45, 7) is 0.212. The van der Waals surface area contributed by atoms with Crippen LogP contribution < -0.4 is 4.72 Å². The topological polar surface area (TPSA) is 63.2 Å². The lowest BCUT2D eigenvalue weighted by Gasteiger charge is -2.07. The summed E-state index contributed by atoms with van der Waals surface area (Å²) in [5, 5.41) is 0. The summed E-state index contributed by atoms with van der Waals surface area (Å²) in [5.41, 5.74) is 1.26. The highest BCUT2D eigenvalue weighted by molar-refractivity contribution is 7.89. The maximum atomic E-state index is 12.7. The van der Waals surface area contributed by atoms with E-state index in [0.29, 0.717) is 18.3 Å². The van der Waals surface area contributed by atoms with Crippen LogP contribution in [0.15, 0.2) is 53.4 Å². The number of rotatable bonds is 6. The Bertz CT molecular complexity index is 710. The van der Waals surface area contributed by atoms with E-state index in [1.54, 1.807) is 12.1 Å². The fourth-order valence-corrected chi connectivity index (χ4v) is 2.82. The van der Waals surface area contributed by atoms with Gasteiger partial charge in [0.1, 0.15) is 12.1 Å². The van der Waals surface area contributed by atoms with E-state index in [4.69, 9.17) is 0 Å². The van der Waals surface area contributed by atoms with Gasteiger partial charge in [-0.3, -0.25) is 4.79 Å². The molecular formula is C15H14FNO3S. The fourth-order valence-electron chi connectivity index (χ4n) is 1.79. The molecule has 4 nitrogen and oxygen atoms in total. The van der Waals surface area contributed by atoms with Crippen molar-refractivity contribution in [2.24, 2.45) is 0 Å². The third-order valence-electron chi connectivity index (χ3n) is 2.95. The normalized spacial score (nSPS) is 11.3. The summed E-state index contributed by atoms with van der Waals surface area (Å²) in [4.78, 5) is 10.6. The Morgan fingerprint density at radius 1 is 1.00 bits per heavy atom. The lowest BCUT2D eigenvalue weighted by Crippen LogP contribution is -2.26. The van der Waals surface area contributed by atoms with Crippen molar-refractivity contribution < 1.29 is 17.6 Å². The Balaban J connectivity index is 1.97. The van der Waals surface area contributed by atoms with E-state index in [1.165, 1.54) is 36.4 Å². The zero-order valence-corrected chi connectivity index (χ0v) is 11.9. The molecule has 0 heterocycles. The molecule has 0 atom stereocenters. The van der Waals surface area contributed by atoms with E-state index in [9.17, 15) is 17.6 Å². The minimum atomic E-state index is -3.60. The van der Waals surface area contributed by atoms with E-state index >= 15 is 0 Å². The number of halogens is 1. The lowest BCUT2D eigenvalue weighted by molar-refractivity contribution is 0.112. The molecule has 2 aromatic carbocycles. The first kappa shape index (κ1) is 15.3. The smallest absolute Gasteiger partial charge is 0.240 e. The van der Waals surface area contributed by atoms with Crippen molar-refractivity contribution >= 4 is 16.3 Å². The minimum absolute atomic E-state index is 0.104. The predicted molar refractivity (Wildman–Crippen MR) is 77.1 cm³/mol.